The lowest BCUT2D eigenvalue weighted by Gasteiger charge is -1.99. The lowest BCUT2D eigenvalue weighted by molar-refractivity contribution is 1.21. The van der Waals surface area contributed by atoms with Crippen LogP contribution in [0.1, 0.15) is 11.1 Å². The third kappa shape index (κ3) is 1.27. The Balaban J connectivity index is 3.27. The number of halogens is 1. The molecule has 0 aliphatic heterocycles. The zero-order chi connectivity index (χ0) is 7.56. The van der Waals surface area contributed by atoms with Crippen molar-refractivity contribution in [3.8, 4) is 0 Å². The molecule has 0 unspecified atom stereocenters. The molecule has 2 heteroatoms. The molecular formula is C8H8BrN. The largest absolute Gasteiger partial charge is 0.249 e. The molecule has 0 N–H and O–H groups in total. The van der Waals surface area contributed by atoms with Gasteiger partial charge in [0.1, 0.15) is 4.60 Å². The minimum Gasteiger partial charge on any atom is -0.249 e. The van der Waals surface area contributed by atoms with Crippen molar-refractivity contribution in [3.63, 3.8) is 0 Å². The van der Waals surface area contributed by atoms with Crippen LogP contribution in [0.15, 0.2) is 23.4 Å². The van der Waals surface area contributed by atoms with Crippen LogP contribution in [-0.2, 0) is 0 Å². The number of hydrogen-bond acceptors (Lipinski definition) is 1. The van der Waals surface area contributed by atoms with Gasteiger partial charge in [-0.25, -0.2) is 4.98 Å². The summed E-state index contributed by atoms with van der Waals surface area (Å²) < 4.78 is 0.893. The summed E-state index contributed by atoms with van der Waals surface area (Å²) in [6.07, 6.45) is 3.58. The van der Waals surface area contributed by atoms with Crippen LogP contribution in [0.3, 0.4) is 0 Å². The van der Waals surface area contributed by atoms with Gasteiger partial charge in [-0.2, -0.15) is 0 Å². The smallest absolute Gasteiger partial charge is 0.109 e. The van der Waals surface area contributed by atoms with Crippen LogP contribution < -0.4 is 0 Å². The summed E-state index contributed by atoms with van der Waals surface area (Å²) in [5.41, 5.74) is 2.26. The minimum absolute atomic E-state index is 0.893. The van der Waals surface area contributed by atoms with Gasteiger partial charge < -0.3 is 0 Å². The van der Waals surface area contributed by atoms with Gasteiger partial charge in [-0.05, 0) is 40.0 Å². The highest BCUT2D eigenvalue weighted by molar-refractivity contribution is 9.10. The maximum atomic E-state index is 4.06. The number of aromatic nitrogens is 1. The van der Waals surface area contributed by atoms with E-state index in [-0.39, 0.29) is 0 Å². The maximum absolute atomic E-state index is 4.06. The zero-order valence-electron chi connectivity index (χ0n) is 5.76. The molecule has 1 aromatic heterocycles. The molecule has 0 amide bonds. The zero-order valence-corrected chi connectivity index (χ0v) is 7.35. The average molecular weight is 198 g/mol. The Hall–Kier alpha value is -0.630. The van der Waals surface area contributed by atoms with E-state index in [2.05, 4.69) is 27.5 Å². The Morgan fingerprint density at radius 3 is 2.90 bits per heavy atom. The number of hydrogen-bond donors (Lipinski definition) is 0. The van der Waals surface area contributed by atoms with Crippen molar-refractivity contribution < 1.29 is 0 Å². The molecule has 0 aromatic carbocycles. The third-order valence-electron chi connectivity index (χ3n) is 1.40. The van der Waals surface area contributed by atoms with Gasteiger partial charge in [0.25, 0.3) is 0 Å². The van der Waals surface area contributed by atoms with Gasteiger partial charge in [-0.15, -0.1) is 0 Å². The summed E-state index contributed by atoms with van der Waals surface area (Å²) in [7, 11) is 0. The fourth-order valence-electron chi connectivity index (χ4n) is 0.745. The predicted molar refractivity (Wildman–Crippen MR) is 46.8 cm³/mol. The number of pyridine rings is 1. The number of rotatable bonds is 1. The Kier molecular flexibility index (Phi) is 2.22. The molecule has 1 aromatic rings. The monoisotopic (exact) mass is 197 g/mol. The minimum atomic E-state index is 0.893. The van der Waals surface area contributed by atoms with Gasteiger partial charge in [-0.3, -0.25) is 0 Å². The second kappa shape index (κ2) is 2.97. The summed E-state index contributed by atoms with van der Waals surface area (Å²) in [5, 5.41) is 0. The van der Waals surface area contributed by atoms with Gasteiger partial charge >= 0.3 is 0 Å². The van der Waals surface area contributed by atoms with Crippen LogP contribution in [0.2, 0.25) is 0 Å². The molecule has 1 heterocycles. The standard InChI is InChI=1S/C8H8BrN/c1-3-7-4-5-10-8(9)6(7)2/h3-5H,1H2,2H3. The van der Waals surface area contributed by atoms with E-state index in [0.29, 0.717) is 0 Å². The Morgan fingerprint density at radius 2 is 2.40 bits per heavy atom. The highest BCUT2D eigenvalue weighted by Crippen LogP contribution is 2.16. The molecule has 1 nitrogen and oxygen atoms in total. The predicted octanol–water partition coefficient (Wildman–Crippen LogP) is 2.80. The maximum Gasteiger partial charge on any atom is 0.109 e. The van der Waals surface area contributed by atoms with Crippen molar-refractivity contribution in [1.29, 1.82) is 0 Å². The lowest BCUT2D eigenvalue weighted by atomic mass is 10.2. The van der Waals surface area contributed by atoms with Crippen molar-refractivity contribution in [2.75, 3.05) is 0 Å². The molecule has 10 heavy (non-hydrogen) atoms. The quantitative estimate of drug-likeness (QED) is 0.632. The summed E-state index contributed by atoms with van der Waals surface area (Å²) in [4.78, 5) is 4.06. The van der Waals surface area contributed by atoms with Crippen molar-refractivity contribution in [1.82, 2.24) is 4.98 Å². The molecule has 0 spiro atoms. The highest BCUT2D eigenvalue weighted by Gasteiger charge is 1.96. The van der Waals surface area contributed by atoms with E-state index < -0.39 is 0 Å². The lowest BCUT2D eigenvalue weighted by Crippen LogP contribution is -1.84. The van der Waals surface area contributed by atoms with E-state index in [1.54, 1.807) is 6.20 Å². The molecular weight excluding hydrogens is 190 g/mol. The van der Waals surface area contributed by atoms with E-state index in [0.717, 1.165) is 15.7 Å². The van der Waals surface area contributed by atoms with Crippen LogP contribution in [0, 0.1) is 6.92 Å². The molecule has 0 radical (unpaired) electrons. The Labute approximate surface area is 68.9 Å². The summed E-state index contributed by atoms with van der Waals surface area (Å²) in [6.45, 7) is 5.69. The first kappa shape index (κ1) is 7.48. The van der Waals surface area contributed by atoms with E-state index in [1.807, 2.05) is 19.1 Å². The second-order valence-corrected chi connectivity index (χ2v) is 2.77. The highest BCUT2D eigenvalue weighted by atomic mass is 79.9. The van der Waals surface area contributed by atoms with E-state index in [1.165, 1.54) is 0 Å². The summed E-state index contributed by atoms with van der Waals surface area (Å²) >= 11 is 3.33. The van der Waals surface area contributed by atoms with Gasteiger partial charge in [0.15, 0.2) is 0 Å². The van der Waals surface area contributed by atoms with E-state index >= 15 is 0 Å². The van der Waals surface area contributed by atoms with Crippen LogP contribution in [-0.4, -0.2) is 4.98 Å². The molecule has 0 bridgehead atoms. The number of nitrogens with zero attached hydrogens (tertiary/aromatic N) is 1. The molecule has 52 valence electrons. The topological polar surface area (TPSA) is 12.9 Å². The Bertz CT molecular complexity index is 255. The summed E-state index contributed by atoms with van der Waals surface area (Å²) in [5.74, 6) is 0. The molecule has 0 aliphatic rings. The van der Waals surface area contributed by atoms with Gasteiger partial charge in [0, 0.05) is 6.20 Å². The van der Waals surface area contributed by atoms with Gasteiger partial charge in [0.2, 0.25) is 0 Å². The van der Waals surface area contributed by atoms with Crippen LogP contribution in [0.25, 0.3) is 6.08 Å². The van der Waals surface area contributed by atoms with Crippen molar-refractivity contribution in [2.45, 2.75) is 6.92 Å². The fraction of sp³-hybridized carbons (Fsp3) is 0.125. The van der Waals surface area contributed by atoms with Crippen molar-refractivity contribution in [3.05, 3.63) is 34.6 Å². The molecule has 0 saturated heterocycles. The van der Waals surface area contributed by atoms with Crippen LogP contribution >= 0.6 is 15.9 Å². The SMILES string of the molecule is C=Cc1ccnc(Br)c1C. The van der Waals surface area contributed by atoms with E-state index in [9.17, 15) is 0 Å². The fourth-order valence-corrected chi connectivity index (χ4v) is 1.09. The van der Waals surface area contributed by atoms with Crippen molar-refractivity contribution in [2.24, 2.45) is 0 Å². The average Bonchev–Trinajstić information content (AvgIpc) is 1.95. The molecule has 0 aliphatic carbocycles. The summed E-state index contributed by atoms with van der Waals surface area (Å²) in [6, 6.07) is 1.94. The third-order valence-corrected chi connectivity index (χ3v) is 2.20. The molecule has 0 atom stereocenters. The first-order valence-electron chi connectivity index (χ1n) is 2.99. The molecule has 0 saturated carbocycles. The van der Waals surface area contributed by atoms with Crippen LogP contribution in [0.4, 0.5) is 0 Å². The van der Waals surface area contributed by atoms with Gasteiger partial charge in [0.05, 0.1) is 0 Å². The van der Waals surface area contributed by atoms with Crippen molar-refractivity contribution >= 4 is 22.0 Å². The molecule has 1 rings (SSSR count). The van der Waals surface area contributed by atoms with E-state index in [4.69, 9.17) is 0 Å². The second-order valence-electron chi connectivity index (χ2n) is 2.02. The molecule has 0 fully saturated rings. The first-order chi connectivity index (χ1) is 4.75. The Morgan fingerprint density at radius 1 is 1.70 bits per heavy atom. The van der Waals surface area contributed by atoms with Crippen LogP contribution in [0.5, 0.6) is 0 Å². The first-order valence-corrected chi connectivity index (χ1v) is 3.78. The van der Waals surface area contributed by atoms with Gasteiger partial charge in [-0.1, -0.05) is 12.7 Å². The normalized spacial score (nSPS) is 9.40.